The van der Waals surface area contributed by atoms with E-state index in [0.717, 1.165) is 17.9 Å². The number of rotatable bonds is 4. The molecule has 0 aromatic carbocycles. The molecule has 10 heteroatoms. The molecule has 5 fully saturated rings. The van der Waals surface area contributed by atoms with Crippen molar-refractivity contribution < 1.29 is 33.6 Å². The van der Waals surface area contributed by atoms with Gasteiger partial charge in [-0.1, -0.05) is 6.92 Å². The maximum atomic E-state index is 14.2. The van der Waals surface area contributed by atoms with Gasteiger partial charge in [0, 0.05) is 32.6 Å². The van der Waals surface area contributed by atoms with Gasteiger partial charge in [0.1, 0.15) is 6.04 Å². The normalized spacial score (nSPS) is 51.8. The number of carbonyl (C=O) groups is 2. The number of aliphatic hydroxyl groups excluding tert-OH is 1. The summed E-state index contributed by atoms with van der Waals surface area (Å²) in [5, 5.41) is 15.1. The zero-order chi connectivity index (χ0) is 25.1. The third kappa shape index (κ3) is 3.99. The third-order valence-corrected chi connectivity index (χ3v) is 11.3. The van der Waals surface area contributed by atoms with Crippen molar-refractivity contribution in [1.29, 1.82) is 0 Å². The number of aliphatic hydroxyl groups is 1. The number of Topliss-reactive ketones (excluding diaryl/α,β-unsaturated/α-hetero) is 1. The van der Waals surface area contributed by atoms with Crippen molar-refractivity contribution in [3.8, 4) is 0 Å². The minimum atomic E-state index is -1.34. The number of thioether (sulfide) groups is 1. The Hall–Kier alpha value is -0.420. The standard InChI is InChI=1S/C25H38ClNO7S/c1-11-7-14-18(13(12-5-6-35-10-12)8-15(27-14)24(30)33-4)22(28)25(11)23(29)19-16(31-2)9-17(32-3)20(26)21(19)34-25/h11-22,27-28H,5-10H2,1-4H3/t11-,12?,13?,14?,15?,16?,17?,18?,19?,20?,21?,22?,25+/m1/s1. The Morgan fingerprint density at radius 3 is 2.57 bits per heavy atom. The molecule has 3 heterocycles. The number of carbonyl (C=O) groups excluding carboxylic acids is 2. The first kappa shape index (κ1) is 26.2. The quantitative estimate of drug-likeness (QED) is 0.414. The maximum Gasteiger partial charge on any atom is 0.322 e. The van der Waals surface area contributed by atoms with Gasteiger partial charge in [-0.2, -0.15) is 11.8 Å². The van der Waals surface area contributed by atoms with E-state index in [-0.39, 0.29) is 47.8 Å². The number of halogens is 1. The van der Waals surface area contributed by atoms with Crippen LogP contribution in [0.15, 0.2) is 0 Å². The van der Waals surface area contributed by atoms with Crippen molar-refractivity contribution in [2.75, 3.05) is 32.8 Å². The van der Waals surface area contributed by atoms with Crippen LogP contribution < -0.4 is 5.32 Å². The van der Waals surface area contributed by atoms with Crippen LogP contribution in [0.5, 0.6) is 0 Å². The van der Waals surface area contributed by atoms with Crippen LogP contribution in [0.25, 0.3) is 0 Å². The number of hydrogen-bond acceptors (Lipinski definition) is 9. The lowest BCUT2D eigenvalue weighted by atomic mass is 9.57. The van der Waals surface area contributed by atoms with Crippen molar-refractivity contribution in [2.24, 2.45) is 29.6 Å². The van der Waals surface area contributed by atoms with Gasteiger partial charge in [-0.25, -0.2) is 0 Å². The van der Waals surface area contributed by atoms with E-state index in [1.54, 1.807) is 14.2 Å². The number of methoxy groups -OCH3 is 3. The summed E-state index contributed by atoms with van der Waals surface area (Å²) in [6.07, 6.45) is 0.511. The first-order valence-electron chi connectivity index (χ1n) is 12.8. The lowest BCUT2D eigenvalue weighted by Gasteiger charge is -2.55. The number of piperidine rings is 1. The zero-order valence-electron chi connectivity index (χ0n) is 20.9. The second-order valence-electron chi connectivity index (χ2n) is 11.0. The summed E-state index contributed by atoms with van der Waals surface area (Å²) < 4.78 is 23.1. The molecule has 0 radical (unpaired) electrons. The first-order valence-corrected chi connectivity index (χ1v) is 14.4. The molecule has 1 spiro atoms. The van der Waals surface area contributed by atoms with Gasteiger partial charge in [0.25, 0.3) is 0 Å². The Labute approximate surface area is 216 Å². The van der Waals surface area contributed by atoms with Gasteiger partial charge < -0.3 is 29.4 Å². The predicted molar refractivity (Wildman–Crippen MR) is 131 cm³/mol. The number of hydrogen-bond donors (Lipinski definition) is 2. The van der Waals surface area contributed by atoms with E-state index < -0.39 is 35.1 Å². The molecule has 5 aliphatic rings. The molecule has 3 saturated heterocycles. The molecule has 35 heavy (non-hydrogen) atoms. The minimum Gasteiger partial charge on any atom is -0.468 e. The maximum absolute atomic E-state index is 14.2. The summed E-state index contributed by atoms with van der Waals surface area (Å²) >= 11 is 8.72. The van der Waals surface area contributed by atoms with Crippen molar-refractivity contribution >= 4 is 35.1 Å². The fourth-order valence-electron chi connectivity index (χ4n) is 7.85. The van der Waals surface area contributed by atoms with Crippen LogP contribution >= 0.6 is 23.4 Å². The van der Waals surface area contributed by atoms with Crippen LogP contribution in [0.4, 0.5) is 0 Å². The number of nitrogens with one attached hydrogen (secondary N) is 1. The Kier molecular flexibility index (Phi) is 7.52. The van der Waals surface area contributed by atoms with Gasteiger partial charge in [-0.05, 0) is 48.5 Å². The molecule has 2 N–H and O–H groups in total. The second kappa shape index (κ2) is 10.0. The van der Waals surface area contributed by atoms with Crippen LogP contribution in [-0.2, 0) is 28.5 Å². The van der Waals surface area contributed by atoms with E-state index in [0.29, 0.717) is 25.2 Å². The van der Waals surface area contributed by atoms with E-state index in [9.17, 15) is 14.7 Å². The monoisotopic (exact) mass is 531 g/mol. The van der Waals surface area contributed by atoms with Crippen LogP contribution in [0.2, 0.25) is 0 Å². The van der Waals surface area contributed by atoms with Gasteiger partial charge in [0.05, 0.1) is 42.8 Å². The zero-order valence-corrected chi connectivity index (χ0v) is 22.4. The Morgan fingerprint density at radius 1 is 1.20 bits per heavy atom. The highest BCUT2D eigenvalue weighted by Gasteiger charge is 2.70. The SMILES string of the molecule is COC(=O)C1CC(C2CCSC2)C2C(C[C@@H](C)[C@]3(OC4C(Cl)C(OC)CC(OC)C4C3=O)C2O)N1. The highest BCUT2D eigenvalue weighted by molar-refractivity contribution is 7.99. The van der Waals surface area contributed by atoms with Gasteiger partial charge in [-0.15, -0.1) is 11.6 Å². The first-order chi connectivity index (χ1) is 16.8. The van der Waals surface area contributed by atoms with Gasteiger partial charge in [0.2, 0.25) is 0 Å². The van der Waals surface area contributed by atoms with Gasteiger partial charge >= 0.3 is 5.97 Å². The van der Waals surface area contributed by atoms with Crippen LogP contribution in [0, 0.1) is 29.6 Å². The van der Waals surface area contributed by atoms with Gasteiger partial charge in [-0.3, -0.25) is 9.59 Å². The average Bonchev–Trinajstić information content (AvgIpc) is 3.50. The van der Waals surface area contributed by atoms with Crippen molar-refractivity contribution in [1.82, 2.24) is 5.32 Å². The lowest BCUT2D eigenvalue weighted by Crippen LogP contribution is -2.70. The molecule has 13 atom stereocenters. The van der Waals surface area contributed by atoms with E-state index in [1.165, 1.54) is 7.11 Å². The summed E-state index contributed by atoms with van der Waals surface area (Å²) in [4.78, 5) is 26.7. The Morgan fingerprint density at radius 2 is 1.94 bits per heavy atom. The number of ether oxygens (including phenoxy) is 4. The lowest BCUT2D eigenvalue weighted by molar-refractivity contribution is -0.209. The van der Waals surface area contributed by atoms with E-state index in [4.69, 9.17) is 30.5 Å². The molecular formula is C25H38ClNO7S. The van der Waals surface area contributed by atoms with Crippen LogP contribution in [0.1, 0.15) is 32.6 Å². The van der Waals surface area contributed by atoms with Crippen molar-refractivity contribution in [3.63, 3.8) is 0 Å². The smallest absolute Gasteiger partial charge is 0.322 e. The summed E-state index contributed by atoms with van der Waals surface area (Å²) in [5.41, 5.74) is -1.34. The molecule has 3 aliphatic heterocycles. The molecule has 198 valence electrons. The molecule has 0 amide bonds. The van der Waals surface area contributed by atoms with Crippen molar-refractivity contribution in [2.45, 2.75) is 80.1 Å². The highest BCUT2D eigenvalue weighted by Crippen LogP contribution is 2.56. The number of ketones is 1. The minimum absolute atomic E-state index is 0.0931. The highest BCUT2D eigenvalue weighted by atomic mass is 35.5. The van der Waals surface area contributed by atoms with Crippen molar-refractivity contribution in [3.05, 3.63) is 0 Å². The largest absolute Gasteiger partial charge is 0.468 e. The topological polar surface area (TPSA) is 103 Å². The summed E-state index contributed by atoms with van der Waals surface area (Å²) in [5.74, 6) is 1.19. The molecule has 2 aliphatic carbocycles. The Bertz CT molecular complexity index is 828. The fraction of sp³-hybridized carbons (Fsp3) is 0.920. The molecular weight excluding hydrogens is 494 g/mol. The molecule has 11 unspecified atom stereocenters. The number of fused-ring (bicyclic) bond motifs is 2. The summed E-state index contributed by atoms with van der Waals surface area (Å²) in [7, 11) is 4.63. The molecule has 5 rings (SSSR count). The number of esters is 1. The summed E-state index contributed by atoms with van der Waals surface area (Å²) in [6.45, 7) is 1.97. The molecule has 8 nitrogen and oxygen atoms in total. The molecule has 0 aromatic rings. The predicted octanol–water partition coefficient (Wildman–Crippen LogP) is 1.64. The van der Waals surface area contributed by atoms with E-state index in [1.807, 2.05) is 18.7 Å². The Balaban J connectivity index is 1.50. The number of alkyl halides is 1. The fourth-order valence-corrected chi connectivity index (χ4v) is 9.62. The van der Waals surface area contributed by atoms with Crippen LogP contribution in [-0.4, -0.2) is 97.2 Å². The van der Waals surface area contributed by atoms with E-state index >= 15 is 0 Å². The van der Waals surface area contributed by atoms with Crippen LogP contribution in [0.3, 0.4) is 0 Å². The second-order valence-corrected chi connectivity index (χ2v) is 12.7. The molecule has 0 bridgehead atoms. The summed E-state index contributed by atoms with van der Waals surface area (Å²) in [6, 6.07) is -0.504. The van der Waals surface area contributed by atoms with E-state index in [2.05, 4.69) is 5.32 Å². The average molecular weight is 532 g/mol. The van der Waals surface area contributed by atoms with Gasteiger partial charge in [0.15, 0.2) is 11.4 Å². The molecule has 2 saturated carbocycles. The molecule has 0 aromatic heterocycles. The third-order valence-electron chi connectivity index (χ3n) is 9.59.